The molecule has 1 atom stereocenters. The van der Waals surface area contributed by atoms with Gasteiger partial charge in [0, 0.05) is 25.4 Å². The number of nitrogens with zero attached hydrogens (tertiary/aromatic N) is 1. The number of aromatic nitrogens is 1. The van der Waals surface area contributed by atoms with Gasteiger partial charge >= 0.3 is 5.97 Å². The average molecular weight is 420 g/mol. The molecule has 0 radical (unpaired) electrons. The Morgan fingerprint density at radius 3 is 2.57 bits per heavy atom. The van der Waals surface area contributed by atoms with Crippen LogP contribution in [0.1, 0.15) is 57.4 Å². The third-order valence-corrected chi connectivity index (χ3v) is 5.33. The number of H-pyrrole nitrogens is 1. The smallest absolute Gasteiger partial charge is 0.355 e. The molecule has 0 saturated carbocycles. The van der Waals surface area contributed by atoms with Crippen LogP contribution in [-0.4, -0.2) is 47.6 Å². The Morgan fingerprint density at radius 1 is 1.27 bits per heavy atom. The van der Waals surface area contributed by atoms with E-state index in [9.17, 15) is 18.4 Å². The van der Waals surface area contributed by atoms with Crippen LogP contribution in [0.5, 0.6) is 0 Å². The van der Waals surface area contributed by atoms with Gasteiger partial charge in [0.2, 0.25) is 0 Å². The molecule has 30 heavy (non-hydrogen) atoms. The molecule has 1 saturated heterocycles. The molecule has 0 spiro atoms. The van der Waals surface area contributed by atoms with Crippen molar-refractivity contribution in [2.75, 3.05) is 19.8 Å². The number of esters is 1. The molecule has 1 aliphatic heterocycles. The van der Waals surface area contributed by atoms with Gasteiger partial charge in [0.15, 0.2) is 0 Å². The molecule has 0 bridgehead atoms. The second-order valence-electron chi connectivity index (χ2n) is 7.37. The Labute approximate surface area is 174 Å². The van der Waals surface area contributed by atoms with Gasteiger partial charge in [0.1, 0.15) is 22.9 Å². The maximum absolute atomic E-state index is 14.3. The summed E-state index contributed by atoms with van der Waals surface area (Å²) < 4.78 is 39.3. The molecule has 2 heterocycles. The number of carbonyl (C=O) groups excluding carboxylic acids is 2. The predicted molar refractivity (Wildman–Crippen MR) is 106 cm³/mol. The number of hydrogen-bond donors (Lipinski definition) is 1. The standard InChI is InChI=1S/C22H26F2N2O4/c1-4-29-22(28)20-13(2)16(14(3)25-20)12-26(11-15-7-6-10-30-15)21(27)19-17(23)8-5-9-18(19)24/h5,8-9,15,25H,4,6-7,10-12H2,1-3H3/t15-/m0/s1. The second kappa shape index (κ2) is 9.38. The number of hydrogen-bond acceptors (Lipinski definition) is 4. The summed E-state index contributed by atoms with van der Waals surface area (Å²) in [6.45, 7) is 6.37. The van der Waals surface area contributed by atoms with Crippen molar-refractivity contribution in [2.45, 2.75) is 46.3 Å². The highest BCUT2D eigenvalue weighted by Crippen LogP contribution is 2.24. The van der Waals surface area contributed by atoms with E-state index in [1.807, 2.05) is 0 Å². The Balaban J connectivity index is 1.94. The van der Waals surface area contributed by atoms with Gasteiger partial charge in [0.05, 0.1) is 12.7 Å². The van der Waals surface area contributed by atoms with E-state index in [2.05, 4.69) is 4.98 Å². The number of rotatable bonds is 7. The molecular weight excluding hydrogens is 394 g/mol. The van der Waals surface area contributed by atoms with Crippen LogP contribution in [0.25, 0.3) is 0 Å². The summed E-state index contributed by atoms with van der Waals surface area (Å²) in [4.78, 5) is 29.7. The molecule has 8 heteroatoms. The first-order chi connectivity index (χ1) is 14.3. The van der Waals surface area contributed by atoms with Crippen molar-refractivity contribution in [1.29, 1.82) is 0 Å². The molecule has 6 nitrogen and oxygen atoms in total. The van der Waals surface area contributed by atoms with Crippen LogP contribution < -0.4 is 0 Å². The van der Waals surface area contributed by atoms with Gasteiger partial charge in [-0.1, -0.05) is 6.07 Å². The van der Waals surface area contributed by atoms with E-state index in [1.165, 1.54) is 11.0 Å². The fourth-order valence-electron chi connectivity index (χ4n) is 3.74. The van der Waals surface area contributed by atoms with E-state index < -0.39 is 29.1 Å². The summed E-state index contributed by atoms with van der Waals surface area (Å²) in [6, 6.07) is 3.34. The first-order valence-electron chi connectivity index (χ1n) is 10.0. The molecule has 1 aromatic heterocycles. The molecule has 2 aromatic rings. The predicted octanol–water partition coefficient (Wildman–Crippen LogP) is 3.91. The van der Waals surface area contributed by atoms with Gasteiger partial charge in [-0.2, -0.15) is 0 Å². The maximum atomic E-state index is 14.3. The van der Waals surface area contributed by atoms with Crippen molar-refractivity contribution >= 4 is 11.9 Å². The van der Waals surface area contributed by atoms with Gasteiger partial charge in [-0.05, 0) is 56.9 Å². The number of halogens is 2. The Morgan fingerprint density at radius 2 is 1.97 bits per heavy atom. The van der Waals surface area contributed by atoms with Crippen LogP contribution in [0.15, 0.2) is 18.2 Å². The zero-order chi connectivity index (χ0) is 21.8. The molecule has 162 valence electrons. The van der Waals surface area contributed by atoms with Crippen LogP contribution in [0.3, 0.4) is 0 Å². The highest BCUT2D eigenvalue weighted by molar-refractivity contribution is 5.95. The number of carbonyl (C=O) groups is 2. The number of aromatic amines is 1. The van der Waals surface area contributed by atoms with E-state index in [0.29, 0.717) is 29.1 Å². The first-order valence-corrected chi connectivity index (χ1v) is 10.0. The number of benzene rings is 1. The third kappa shape index (κ3) is 4.53. The fourth-order valence-corrected chi connectivity index (χ4v) is 3.74. The molecule has 1 aliphatic rings. The van der Waals surface area contributed by atoms with E-state index in [1.54, 1.807) is 20.8 Å². The topological polar surface area (TPSA) is 71.6 Å². The largest absolute Gasteiger partial charge is 0.461 e. The van der Waals surface area contributed by atoms with E-state index in [4.69, 9.17) is 9.47 Å². The van der Waals surface area contributed by atoms with Crippen LogP contribution in [0.2, 0.25) is 0 Å². The van der Waals surface area contributed by atoms with Gasteiger partial charge in [-0.15, -0.1) is 0 Å². The van der Waals surface area contributed by atoms with Gasteiger partial charge in [-0.3, -0.25) is 4.79 Å². The van der Waals surface area contributed by atoms with Crippen LogP contribution in [0.4, 0.5) is 8.78 Å². The van der Waals surface area contributed by atoms with Crippen molar-refractivity contribution in [2.24, 2.45) is 0 Å². The van der Waals surface area contributed by atoms with Crippen molar-refractivity contribution in [1.82, 2.24) is 9.88 Å². The number of aryl methyl sites for hydroxylation is 1. The van der Waals surface area contributed by atoms with E-state index in [-0.39, 0.29) is 25.8 Å². The Kier molecular flexibility index (Phi) is 6.87. The fraction of sp³-hybridized carbons (Fsp3) is 0.455. The minimum Gasteiger partial charge on any atom is -0.461 e. The lowest BCUT2D eigenvalue weighted by Gasteiger charge is -2.26. The minimum absolute atomic E-state index is 0.0834. The first kappa shape index (κ1) is 22.0. The highest BCUT2D eigenvalue weighted by atomic mass is 19.1. The molecule has 1 fully saturated rings. The zero-order valence-corrected chi connectivity index (χ0v) is 17.4. The average Bonchev–Trinajstić information content (AvgIpc) is 3.30. The zero-order valence-electron chi connectivity index (χ0n) is 17.4. The normalized spacial score (nSPS) is 16.0. The van der Waals surface area contributed by atoms with E-state index in [0.717, 1.165) is 25.0 Å². The molecule has 3 rings (SSSR count). The lowest BCUT2D eigenvalue weighted by atomic mass is 10.1. The van der Waals surface area contributed by atoms with Crippen LogP contribution in [-0.2, 0) is 16.0 Å². The molecule has 1 amide bonds. The lowest BCUT2D eigenvalue weighted by Crippen LogP contribution is -2.38. The SMILES string of the molecule is CCOC(=O)c1[nH]c(C)c(CN(C[C@@H]2CCCO2)C(=O)c2c(F)cccc2F)c1C. The summed E-state index contributed by atoms with van der Waals surface area (Å²) >= 11 is 0. The van der Waals surface area contributed by atoms with E-state index >= 15 is 0 Å². The summed E-state index contributed by atoms with van der Waals surface area (Å²) in [7, 11) is 0. The molecule has 0 aliphatic carbocycles. The van der Waals surface area contributed by atoms with Crippen LogP contribution in [0, 0.1) is 25.5 Å². The van der Waals surface area contributed by atoms with Gasteiger partial charge in [0.25, 0.3) is 5.91 Å². The van der Waals surface area contributed by atoms with Crippen molar-refractivity contribution in [3.63, 3.8) is 0 Å². The third-order valence-electron chi connectivity index (χ3n) is 5.33. The van der Waals surface area contributed by atoms with Crippen molar-refractivity contribution in [3.05, 3.63) is 57.9 Å². The van der Waals surface area contributed by atoms with Gasteiger partial charge < -0.3 is 19.4 Å². The number of amides is 1. The lowest BCUT2D eigenvalue weighted by molar-refractivity contribution is 0.0499. The molecule has 0 unspecified atom stereocenters. The minimum atomic E-state index is -0.910. The Hall–Kier alpha value is -2.74. The second-order valence-corrected chi connectivity index (χ2v) is 7.37. The van der Waals surface area contributed by atoms with Crippen molar-refractivity contribution in [3.8, 4) is 0 Å². The number of ether oxygens (including phenoxy) is 2. The molecular formula is C22H26F2N2O4. The summed E-state index contributed by atoms with van der Waals surface area (Å²) in [5.41, 5.74) is 1.76. The highest BCUT2D eigenvalue weighted by Gasteiger charge is 2.29. The quantitative estimate of drug-likeness (QED) is 0.690. The summed E-state index contributed by atoms with van der Waals surface area (Å²) in [5, 5.41) is 0. The Bertz CT molecular complexity index is 915. The summed E-state index contributed by atoms with van der Waals surface area (Å²) in [6.07, 6.45) is 1.44. The monoisotopic (exact) mass is 420 g/mol. The maximum Gasteiger partial charge on any atom is 0.355 e. The molecule has 1 aromatic carbocycles. The van der Waals surface area contributed by atoms with Crippen LogP contribution >= 0.6 is 0 Å². The van der Waals surface area contributed by atoms with Gasteiger partial charge in [-0.25, -0.2) is 13.6 Å². The number of nitrogens with one attached hydrogen (secondary N) is 1. The van der Waals surface area contributed by atoms with Crippen molar-refractivity contribution < 1.29 is 27.8 Å². The molecule has 1 N–H and O–H groups in total. The summed E-state index contributed by atoms with van der Waals surface area (Å²) in [5.74, 6) is -3.06.